The molecule has 0 aliphatic heterocycles. The Balaban J connectivity index is 1.29. The number of aromatic nitrogens is 4. The summed E-state index contributed by atoms with van der Waals surface area (Å²) in [4.78, 5) is 21.7. The van der Waals surface area contributed by atoms with Gasteiger partial charge in [0, 0.05) is 41.5 Å². The summed E-state index contributed by atoms with van der Waals surface area (Å²) in [6.45, 7) is 0.539. The number of ether oxygens (including phenoxy) is 1. The lowest BCUT2D eigenvalue weighted by Gasteiger charge is -2.15. The highest BCUT2D eigenvalue weighted by Gasteiger charge is 2.31. The lowest BCUT2D eigenvalue weighted by molar-refractivity contribution is -0.274. The number of alkyl halides is 3. The molecule has 3 heterocycles. The highest BCUT2D eigenvalue weighted by Crippen LogP contribution is 2.37. The number of carbonyl (C=O) groups excluding carboxylic acids is 1. The molecule has 6 rings (SSSR count). The van der Waals surface area contributed by atoms with E-state index < -0.39 is 12.3 Å². The van der Waals surface area contributed by atoms with Gasteiger partial charge >= 0.3 is 6.36 Å². The molecule has 0 spiro atoms. The van der Waals surface area contributed by atoms with Crippen LogP contribution >= 0.6 is 0 Å². The van der Waals surface area contributed by atoms with Crippen molar-refractivity contribution < 1.29 is 22.7 Å². The van der Waals surface area contributed by atoms with Crippen molar-refractivity contribution in [3.05, 3.63) is 132 Å². The standard InChI is InChI=1S/C34H25F3N6O2/c35-34(36,37)45-27-14-12-22(13-15-27)18-41-33(44)25-17-24(19-38-20-25)31-29-11-6-10-28(23-7-2-1-3-8-23)30(29)32(43-42-31)40-21-26-9-4-5-16-39-26/h1-17,19-20H,18,21H2,(H,40,43)(H,41,44). The Bertz CT molecular complexity index is 1940. The van der Waals surface area contributed by atoms with E-state index >= 15 is 0 Å². The molecule has 0 unspecified atom stereocenters. The van der Waals surface area contributed by atoms with Crippen LogP contribution in [-0.2, 0) is 13.1 Å². The summed E-state index contributed by atoms with van der Waals surface area (Å²) >= 11 is 0. The molecule has 224 valence electrons. The first-order valence-corrected chi connectivity index (χ1v) is 13.9. The molecule has 45 heavy (non-hydrogen) atoms. The molecular formula is C34H25F3N6O2. The van der Waals surface area contributed by atoms with Crippen molar-refractivity contribution in [2.24, 2.45) is 0 Å². The van der Waals surface area contributed by atoms with Crippen LogP contribution in [0.15, 0.2) is 116 Å². The summed E-state index contributed by atoms with van der Waals surface area (Å²) in [5.74, 6) is -0.153. The monoisotopic (exact) mass is 606 g/mol. The lowest BCUT2D eigenvalue weighted by Crippen LogP contribution is -2.23. The molecule has 2 N–H and O–H groups in total. The lowest BCUT2D eigenvalue weighted by atomic mass is 9.96. The predicted octanol–water partition coefficient (Wildman–Crippen LogP) is 7.19. The molecule has 6 aromatic rings. The van der Waals surface area contributed by atoms with Gasteiger partial charge in [0.05, 0.1) is 17.8 Å². The minimum atomic E-state index is -4.77. The smallest absolute Gasteiger partial charge is 0.406 e. The summed E-state index contributed by atoms with van der Waals surface area (Å²) in [5, 5.41) is 17.0. The van der Waals surface area contributed by atoms with E-state index in [0.717, 1.165) is 27.6 Å². The first-order chi connectivity index (χ1) is 21.8. The largest absolute Gasteiger partial charge is 0.573 e. The summed E-state index contributed by atoms with van der Waals surface area (Å²) in [5.41, 5.74) is 4.84. The van der Waals surface area contributed by atoms with Gasteiger partial charge in [-0.3, -0.25) is 14.8 Å². The third-order valence-corrected chi connectivity index (χ3v) is 6.94. The van der Waals surface area contributed by atoms with E-state index in [2.05, 4.69) is 35.5 Å². The Morgan fingerprint density at radius 3 is 2.36 bits per heavy atom. The number of nitrogens with zero attached hydrogens (tertiary/aromatic N) is 4. The fourth-order valence-corrected chi connectivity index (χ4v) is 4.87. The Labute approximate surface area is 256 Å². The highest BCUT2D eigenvalue weighted by atomic mass is 19.4. The minimum Gasteiger partial charge on any atom is -0.406 e. The van der Waals surface area contributed by atoms with E-state index in [9.17, 15) is 18.0 Å². The number of halogens is 3. The van der Waals surface area contributed by atoms with Gasteiger partial charge in [-0.2, -0.15) is 0 Å². The number of nitrogens with one attached hydrogen (secondary N) is 2. The zero-order valence-electron chi connectivity index (χ0n) is 23.6. The van der Waals surface area contributed by atoms with Crippen molar-refractivity contribution in [1.82, 2.24) is 25.5 Å². The van der Waals surface area contributed by atoms with Crippen LogP contribution in [0.5, 0.6) is 5.75 Å². The van der Waals surface area contributed by atoms with Crippen LogP contribution in [0.2, 0.25) is 0 Å². The molecule has 0 fully saturated rings. The van der Waals surface area contributed by atoms with Gasteiger partial charge < -0.3 is 15.4 Å². The molecule has 0 atom stereocenters. The number of rotatable bonds is 9. The topological polar surface area (TPSA) is 102 Å². The fourth-order valence-electron chi connectivity index (χ4n) is 4.87. The summed E-state index contributed by atoms with van der Waals surface area (Å²) < 4.78 is 41.2. The quantitative estimate of drug-likeness (QED) is 0.180. The molecule has 11 heteroatoms. The molecule has 8 nitrogen and oxygen atoms in total. The maximum atomic E-state index is 13.1. The van der Waals surface area contributed by atoms with Crippen molar-refractivity contribution in [2.75, 3.05) is 5.32 Å². The normalized spacial score (nSPS) is 11.3. The fraction of sp³-hybridized carbons (Fsp3) is 0.0882. The van der Waals surface area contributed by atoms with E-state index in [4.69, 9.17) is 0 Å². The van der Waals surface area contributed by atoms with Crippen molar-refractivity contribution in [3.63, 3.8) is 0 Å². The molecule has 0 saturated heterocycles. The second-order valence-electron chi connectivity index (χ2n) is 10.0. The van der Waals surface area contributed by atoms with Crippen LogP contribution in [0.3, 0.4) is 0 Å². The SMILES string of the molecule is O=C(NCc1ccc(OC(F)(F)F)cc1)c1cncc(-c2nnc(NCc3ccccn3)c3c(-c4ccccc4)cccc23)c1. The molecule has 3 aromatic carbocycles. The number of anilines is 1. The van der Waals surface area contributed by atoms with E-state index in [1.807, 2.05) is 66.7 Å². The Morgan fingerprint density at radius 1 is 0.800 bits per heavy atom. The predicted molar refractivity (Wildman–Crippen MR) is 164 cm³/mol. The molecule has 0 bridgehead atoms. The summed E-state index contributed by atoms with van der Waals surface area (Å²) in [6, 6.07) is 28.6. The van der Waals surface area contributed by atoms with E-state index in [-0.39, 0.29) is 17.9 Å². The molecule has 0 radical (unpaired) electrons. The van der Waals surface area contributed by atoms with Crippen molar-refractivity contribution in [1.29, 1.82) is 0 Å². The average molecular weight is 607 g/mol. The van der Waals surface area contributed by atoms with Crippen LogP contribution in [0, 0.1) is 0 Å². The molecule has 1 amide bonds. The van der Waals surface area contributed by atoms with Gasteiger partial charge in [-0.05, 0) is 47.0 Å². The van der Waals surface area contributed by atoms with Gasteiger partial charge in [0.1, 0.15) is 11.4 Å². The minimum absolute atomic E-state index is 0.0924. The number of pyridine rings is 2. The third-order valence-electron chi connectivity index (χ3n) is 6.94. The maximum Gasteiger partial charge on any atom is 0.573 e. The van der Waals surface area contributed by atoms with Gasteiger partial charge in [0.2, 0.25) is 0 Å². The van der Waals surface area contributed by atoms with E-state index in [1.165, 1.54) is 30.5 Å². The maximum absolute atomic E-state index is 13.1. The molecule has 0 aliphatic rings. The second-order valence-corrected chi connectivity index (χ2v) is 10.0. The van der Waals surface area contributed by atoms with Gasteiger partial charge in [-0.25, -0.2) is 0 Å². The van der Waals surface area contributed by atoms with Crippen molar-refractivity contribution >= 4 is 22.5 Å². The Kier molecular flexibility index (Phi) is 8.32. The average Bonchev–Trinajstić information content (AvgIpc) is 3.06. The van der Waals surface area contributed by atoms with Crippen molar-refractivity contribution in [3.8, 4) is 28.1 Å². The first-order valence-electron chi connectivity index (χ1n) is 13.9. The highest BCUT2D eigenvalue weighted by molar-refractivity contribution is 6.08. The van der Waals surface area contributed by atoms with Crippen LogP contribution in [0.1, 0.15) is 21.6 Å². The van der Waals surface area contributed by atoms with Gasteiger partial charge in [0.25, 0.3) is 5.91 Å². The zero-order chi connectivity index (χ0) is 31.2. The van der Waals surface area contributed by atoms with E-state index in [1.54, 1.807) is 18.5 Å². The second kappa shape index (κ2) is 12.8. The molecule has 0 saturated carbocycles. The first kappa shape index (κ1) is 29.2. The number of hydrogen-bond acceptors (Lipinski definition) is 7. The van der Waals surface area contributed by atoms with Gasteiger partial charge in [-0.15, -0.1) is 23.4 Å². The molecule has 0 aliphatic carbocycles. The Morgan fingerprint density at radius 2 is 1.60 bits per heavy atom. The van der Waals surface area contributed by atoms with Gasteiger partial charge in [0.15, 0.2) is 5.82 Å². The summed E-state index contributed by atoms with van der Waals surface area (Å²) in [6.07, 6.45) is 0.0183. The zero-order valence-corrected chi connectivity index (χ0v) is 23.6. The number of carbonyl (C=O) groups is 1. The number of fused-ring (bicyclic) bond motifs is 1. The summed E-state index contributed by atoms with van der Waals surface area (Å²) in [7, 11) is 0. The Hall–Kier alpha value is -5.84. The third kappa shape index (κ3) is 7.04. The molecule has 3 aromatic heterocycles. The van der Waals surface area contributed by atoms with E-state index in [0.29, 0.717) is 29.2 Å². The van der Waals surface area contributed by atoms with Crippen LogP contribution in [-0.4, -0.2) is 32.4 Å². The van der Waals surface area contributed by atoms with Crippen LogP contribution < -0.4 is 15.4 Å². The van der Waals surface area contributed by atoms with Crippen molar-refractivity contribution in [2.45, 2.75) is 19.5 Å². The van der Waals surface area contributed by atoms with Gasteiger partial charge in [-0.1, -0.05) is 66.7 Å². The number of benzene rings is 3. The number of hydrogen-bond donors (Lipinski definition) is 2. The van der Waals surface area contributed by atoms with Crippen LogP contribution in [0.25, 0.3) is 33.2 Å². The van der Waals surface area contributed by atoms with Crippen LogP contribution in [0.4, 0.5) is 19.0 Å². The number of amides is 1. The molecular weight excluding hydrogens is 581 g/mol.